The zero-order chi connectivity index (χ0) is 24.1. The number of likely N-dealkylation sites (tertiary alicyclic amines) is 1. The van der Waals surface area contributed by atoms with Gasteiger partial charge < -0.3 is 15.8 Å². The Bertz CT molecular complexity index is 1360. The van der Waals surface area contributed by atoms with Gasteiger partial charge in [0.1, 0.15) is 29.3 Å². The van der Waals surface area contributed by atoms with Gasteiger partial charge in [-0.2, -0.15) is 5.10 Å². The number of rotatable bonds is 5. The molecule has 3 aliphatic rings. The Hall–Kier alpha value is -3.49. The standard InChI is InChI=1S/C28H31N7O/c29-26-24-25(19-6-12-23(13-7-19)36-22-4-2-1-3-5-22)33-35(27(24)32-18-31-26)21-10-8-20(9-11-21)34-16-28(17-34)14-30-15-28/h1-7,12-13,18,20-21,30H,8-11,14-17H2,(H2,29,31,32). The monoisotopic (exact) mass is 481 g/mol. The number of hydrogen-bond donors (Lipinski definition) is 2. The Morgan fingerprint density at radius 1 is 0.861 bits per heavy atom. The molecule has 7 rings (SSSR count). The van der Waals surface area contributed by atoms with E-state index in [1.165, 1.54) is 39.0 Å². The van der Waals surface area contributed by atoms with E-state index >= 15 is 0 Å². The number of ether oxygens (including phenoxy) is 1. The van der Waals surface area contributed by atoms with Crippen LogP contribution >= 0.6 is 0 Å². The predicted octanol–water partition coefficient (Wildman–Crippen LogP) is 4.26. The van der Waals surface area contributed by atoms with Gasteiger partial charge in [-0.25, -0.2) is 14.6 Å². The molecule has 3 N–H and O–H groups in total. The summed E-state index contributed by atoms with van der Waals surface area (Å²) in [6.07, 6.45) is 6.18. The van der Waals surface area contributed by atoms with Gasteiger partial charge in [-0.15, -0.1) is 0 Å². The Morgan fingerprint density at radius 2 is 1.56 bits per heavy atom. The molecular weight excluding hydrogens is 450 g/mol. The summed E-state index contributed by atoms with van der Waals surface area (Å²) in [6, 6.07) is 18.8. The Morgan fingerprint density at radius 3 is 2.25 bits per heavy atom. The minimum atomic E-state index is 0.327. The number of nitrogens with two attached hydrogens (primary N) is 1. The molecule has 36 heavy (non-hydrogen) atoms. The highest BCUT2D eigenvalue weighted by Crippen LogP contribution is 2.41. The molecular formula is C28H31N7O. The second kappa shape index (κ2) is 8.57. The van der Waals surface area contributed by atoms with Crippen LogP contribution in [0.1, 0.15) is 31.7 Å². The minimum absolute atomic E-state index is 0.327. The smallest absolute Gasteiger partial charge is 0.164 e. The quantitative estimate of drug-likeness (QED) is 0.440. The average Bonchev–Trinajstić information content (AvgIpc) is 3.25. The van der Waals surface area contributed by atoms with Crippen LogP contribution in [0.4, 0.5) is 5.82 Å². The molecule has 2 aromatic heterocycles. The highest BCUT2D eigenvalue weighted by atomic mass is 16.5. The van der Waals surface area contributed by atoms with Crippen molar-refractivity contribution in [2.45, 2.75) is 37.8 Å². The van der Waals surface area contributed by atoms with Crippen molar-refractivity contribution in [2.24, 2.45) is 5.41 Å². The highest BCUT2D eigenvalue weighted by molar-refractivity contribution is 5.98. The van der Waals surface area contributed by atoms with Gasteiger partial charge in [0.15, 0.2) is 5.65 Å². The van der Waals surface area contributed by atoms with Crippen LogP contribution in [-0.4, -0.2) is 56.9 Å². The van der Waals surface area contributed by atoms with E-state index < -0.39 is 0 Å². The molecule has 0 amide bonds. The number of aromatic nitrogens is 4. The van der Waals surface area contributed by atoms with Crippen LogP contribution < -0.4 is 15.8 Å². The lowest BCUT2D eigenvalue weighted by Gasteiger charge is -2.59. The van der Waals surface area contributed by atoms with E-state index in [0.29, 0.717) is 23.3 Å². The lowest BCUT2D eigenvalue weighted by Crippen LogP contribution is -2.72. The number of nitrogens with one attached hydrogen (secondary N) is 1. The Labute approximate surface area is 210 Å². The first kappa shape index (κ1) is 21.8. The molecule has 8 heteroatoms. The molecule has 3 fully saturated rings. The fourth-order valence-corrected chi connectivity index (χ4v) is 6.20. The summed E-state index contributed by atoms with van der Waals surface area (Å²) in [5, 5.41) is 9.35. The van der Waals surface area contributed by atoms with Crippen LogP contribution in [-0.2, 0) is 0 Å². The number of hydrogen-bond acceptors (Lipinski definition) is 7. The van der Waals surface area contributed by atoms with E-state index in [0.717, 1.165) is 46.6 Å². The summed E-state index contributed by atoms with van der Waals surface area (Å²) in [5.74, 6) is 2.06. The van der Waals surface area contributed by atoms with Crippen LogP contribution in [0.15, 0.2) is 60.9 Å². The van der Waals surface area contributed by atoms with Crippen LogP contribution in [0.2, 0.25) is 0 Å². The zero-order valence-electron chi connectivity index (χ0n) is 20.3. The summed E-state index contributed by atoms with van der Waals surface area (Å²) in [5.41, 5.74) is 9.58. The van der Waals surface area contributed by atoms with Crippen molar-refractivity contribution in [1.82, 2.24) is 30.0 Å². The second-order valence-corrected chi connectivity index (χ2v) is 10.7. The number of benzene rings is 2. The largest absolute Gasteiger partial charge is 0.457 e. The number of nitrogen functional groups attached to an aromatic ring is 1. The van der Waals surface area contributed by atoms with Gasteiger partial charge in [0.05, 0.1) is 11.4 Å². The molecule has 1 aliphatic carbocycles. The van der Waals surface area contributed by atoms with Crippen molar-refractivity contribution in [3.8, 4) is 22.8 Å². The highest BCUT2D eigenvalue weighted by Gasteiger charge is 2.49. The fraction of sp³-hybridized carbons (Fsp3) is 0.393. The van der Waals surface area contributed by atoms with Gasteiger partial charge in [0.25, 0.3) is 0 Å². The maximum atomic E-state index is 6.36. The van der Waals surface area contributed by atoms with Gasteiger partial charge in [-0.05, 0) is 62.1 Å². The summed E-state index contributed by atoms with van der Waals surface area (Å²) in [4.78, 5) is 11.6. The number of fused-ring (bicyclic) bond motifs is 1. The van der Waals surface area contributed by atoms with E-state index in [9.17, 15) is 0 Å². The third-order valence-electron chi connectivity index (χ3n) is 8.23. The predicted molar refractivity (Wildman–Crippen MR) is 140 cm³/mol. The van der Waals surface area contributed by atoms with E-state index in [2.05, 4.69) is 24.9 Å². The van der Waals surface area contributed by atoms with Crippen molar-refractivity contribution in [3.63, 3.8) is 0 Å². The van der Waals surface area contributed by atoms with Crippen molar-refractivity contribution < 1.29 is 4.74 Å². The van der Waals surface area contributed by atoms with Crippen molar-refractivity contribution in [1.29, 1.82) is 0 Å². The molecule has 184 valence electrons. The first-order chi connectivity index (χ1) is 17.7. The maximum absolute atomic E-state index is 6.36. The summed E-state index contributed by atoms with van der Waals surface area (Å²) in [6.45, 7) is 4.92. The molecule has 1 saturated carbocycles. The number of nitrogens with zero attached hydrogens (tertiary/aromatic N) is 5. The van der Waals surface area contributed by atoms with Crippen LogP contribution in [0.3, 0.4) is 0 Å². The van der Waals surface area contributed by atoms with Crippen LogP contribution in [0.5, 0.6) is 11.5 Å². The van der Waals surface area contributed by atoms with E-state index in [1.807, 2.05) is 54.6 Å². The molecule has 0 unspecified atom stereocenters. The van der Waals surface area contributed by atoms with E-state index in [1.54, 1.807) is 6.33 Å². The summed E-state index contributed by atoms with van der Waals surface area (Å²) < 4.78 is 8.08. The molecule has 2 saturated heterocycles. The third-order valence-corrected chi connectivity index (χ3v) is 8.23. The third kappa shape index (κ3) is 3.72. The van der Waals surface area contributed by atoms with E-state index in [-0.39, 0.29) is 0 Å². The van der Waals surface area contributed by atoms with E-state index in [4.69, 9.17) is 15.6 Å². The molecule has 4 aromatic rings. The van der Waals surface area contributed by atoms with Gasteiger partial charge in [0.2, 0.25) is 0 Å². The average molecular weight is 482 g/mol. The van der Waals surface area contributed by atoms with Crippen molar-refractivity contribution in [2.75, 3.05) is 31.9 Å². The Balaban J connectivity index is 1.12. The van der Waals surface area contributed by atoms with Gasteiger partial charge >= 0.3 is 0 Å². The maximum Gasteiger partial charge on any atom is 0.164 e. The molecule has 0 bridgehead atoms. The van der Waals surface area contributed by atoms with Crippen LogP contribution in [0, 0.1) is 5.41 Å². The first-order valence-corrected chi connectivity index (χ1v) is 12.9. The number of anilines is 1. The zero-order valence-corrected chi connectivity index (χ0v) is 20.3. The van der Waals surface area contributed by atoms with Crippen LogP contribution in [0.25, 0.3) is 22.3 Å². The Kier molecular flexibility index (Phi) is 5.18. The second-order valence-electron chi connectivity index (χ2n) is 10.7. The first-order valence-electron chi connectivity index (χ1n) is 12.9. The molecule has 0 radical (unpaired) electrons. The topological polar surface area (TPSA) is 94.1 Å². The van der Waals surface area contributed by atoms with Gasteiger partial charge in [-0.3, -0.25) is 4.90 Å². The normalized spacial score (nSPS) is 23.3. The molecule has 8 nitrogen and oxygen atoms in total. The molecule has 1 spiro atoms. The molecule has 2 aliphatic heterocycles. The van der Waals surface area contributed by atoms with Crippen molar-refractivity contribution >= 4 is 16.9 Å². The van der Waals surface area contributed by atoms with Gasteiger partial charge in [-0.1, -0.05) is 18.2 Å². The summed E-state index contributed by atoms with van der Waals surface area (Å²) >= 11 is 0. The fourth-order valence-electron chi connectivity index (χ4n) is 6.20. The SMILES string of the molecule is Nc1ncnc2c1c(-c1ccc(Oc3ccccc3)cc1)nn2C1CCC(N2CC3(CNC3)C2)CC1. The lowest BCUT2D eigenvalue weighted by atomic mass is 9.72. The molecule has 0 atom stereocenters. The summed E-state index contributed by atoms with van der Waals surface area (Å²) in [7, 11) is 0. The molecule has 2 aromatic carbocycles. The lowest BCUT2D eigenvalue weighted by molar-refractivity contribution is -0.0743. The molecule has 4 heterocycles. The minimum Gasteiger partial charge on any atom is -0.457 e. The van der Waals surface area contributed by atoms with Gasteiger partial charge in [0, 0.05) is 43.2 Å². The number of para-hydroxylation sites is 1. The van der Waals surface area contributed by atoms with Crippen molar-refractivity contribution in [3.05, 3.63) is 60.9 Å².